The van der Waals surface area contributed by atoms with Crippen LogP contribution < -0.4 is 21.1 Å². The molecule has 47 heavy (non-hydrogen) atoms. The minimum Gasteiger partial charge on any atom is -0.482 e. The number of anilines is 1. The summed E-state index contributed by atoms with van der Waals surface area (Å²) in [6.45, 7) is 7.81. The van der Waals surface area contributed by atoms with E-state index in [1.54, 1.807) is 32.9 Å². The van der Waals surface area contributed by atoms with Gasteiger partial charge in [0, 0.05) is 12.6 Å². The topological polar surface area (TPSA) is 187 Å². The molecule has 4 aromatic rings. The van der Waals surface area contributed by atoms with Gasteiger partial charge in [0.1, 0.15) is 17.0 Å². The molecule has 0 saturated heterocycles. The summed E-state index contributed by atoms with van der Waals surface area (Å²) in [6.07, 6.45) is 2.11. The van der Waals surface area contributed by atoms with Crippen LogP contribution in [0.15, 0.2) is 42.6 Å². The highest BCUT2D eigenvalue weighted by atomic mass is 35.5. The molecule has 15 heteroatoms. The van der Waals surface area contributed by atoms with Gasteiger partial charge in [0.15, 0.2) is 23.8 Å². The number of carbonyl (C=O) groups excluding carboxylic acids is 3. The Morgan fingerprint density at radius 2 is 1.96 bits per heavy atom. The quantitative estimate of drug-likeness (QED) is 0.225. The number of carbonyl (C=O) groups is 4. The van der Waals surface area contributed by atoms with Gasteiger partial charge in [-0.15, -0.1) is 12.4 Å². The lowest BCUT2D eigenvalue weighted by Gasteiger charge is -2.21. The highest BCUT2D eigenvalue weighted by molar-refractivity contribution is 5.97. The van der Waals surface area contributed by atoms with Crippen LogP contribution in [0.3, 0.4) is 0 Å². The van der Waals surface area contributed by atoms with Crippen molar-refractivity contribution in [3.05, 3.63) is 87.6 Å². The minimum atomic E-state index is -1.39. The fourth-order valence-corrected chi connectivity index (χ4v) is 5.28. The van der Waals surface area contributed by atoms with Gasteiger partial charge in [-0.2, -0.15) is 5.10 Å². The van der Waals surface area contributed by atoms with Crippen molar-refractivity contribution in [1.29, 1.82) is 0 Å². The number of carboxylic acid groups (broad SMARTS) is 1. The Bertz CT molecular complexity index is 1890. The summed E-state index contributed by atoms with van der Waals surface area (Å²) >= 11 is 0. The fraction of sp³-hybridized carbons (Fsp3) is 0.312. The second-order valence-electron chi connectivity index (χ2n) is 11.8. The first-order chi connectivity index (χ1) is 21.8. The molecular formula is C32H34ClFN6O7. The van der Waals surface area contributed by atoms with E-state index < -0.39 is 35.0 Å². The molecule has 13 nitrogen and oxygen atoms in total. The van der Waals surface area contributed by atoms with Crippen molar-refractivity contribution >= 4 is 47.5 Å². The van der Waals surface area contributed by atoms with E-state index in [2.05, 4.69) is 20.7 Å². The van der Waals surface area contributed by atoms with E-state index in [0.717, 1.165) is 39.0 Å². The summed E-state index contributed by atoms with van der Waals surface area (Å²) in [5.74, 6) is -2.65. The second-order valence-corrected chi connectivity index (χ2v) is 11.8. The molecule has 2 aliphatic rings. The van der Waals surface area contributed by atoms with Gasteiger partial charge < -0.3 is 30.9 Å². The van der Waals surface area contributed by atoms with Gasteiger partial charge in [0.05, 0.1) is 23.5 Å². The molecule has 0 saturated carbocycles. The molecule has 2 amide bonds. The standard InChI is InChI=1S/C23H23FN4O5.C9H10N2O2.ClH/c1-11-12-7-8-16(14(12)6-5-13(11)22(32)33-23(2,3)4)27-20(29)18-9-17(21(30)31)26-19-15(24)10-25-28(18)19;10-4-6-1-2-8-7(3-6)11-9(12)5-13-8;/h5-6,9-10,16H,7-8H2,1-4H3,(H,27,29)(H,30,31);1-3H,4-5,10H2,(H,11,12);1H/t16-;;/m0../s1. The van der Waals surface area contributed by atoms with Crippen LogP contribution in [-0.2, 0) is 22.5 Å². The normalized spacial score (nSPS) is 14.8. The number of nitrogens with zero attached hydrogens (tertiary/aromatic N) is 3. The summed E-state index contributed by atoms with van der Waals surface area (Å²) in [5.41, 5.74) is 8.68. The SMILES string of the molecule is Cc1c(C(=O)OC(C)(C)C)ccc2c1CC[C@@H]2NC(=O)c1cc(C(=O)O)nc2c(F)cnn12.Cl.NCc1ccc2c(c1)NC(=O)CO2. The van der Waals surface area contributed by atoms with Gasteiger partial charge in [0.25, 0.3) is 11.8 Å². The highest BCUT2D eigenvalue weighted by Gasteiger charge is 2.30. The van der Waals surface area contributed by atoms with Crippen LogP contribution in [0.1, 0.15) is 86.8 Å². The molecule has 0 bridgehead atoms. The molecule has 2 aromatic heterocycles. The zero-order valence-electron chi connectivity index (χ0n) is 26.0. The van der Waals surface area contributed by atoms with E-state index in [9.17, 15) is 28.7 Å². The van der Waals surface area contributed by atoms with E-state index in [4.69, 9.17) is 15.2 Å². The van der Waals surface area contributed by atoms with Crippen LogP contribution in [0.2, 0.25) is 0 Å². The van der Waals surface area contributed by atoms with Crippen LogP contribution in [0.5, 0.6) is 5.75 Å². The molecule has 248 valence electrons. The number of aromatic carboxylic acids is 1. The average Bonchev–Trinajstić information content (AvgIpc) is 3.59. The number of carboxylic acids is 1. The molecule has 3 heterocycles. The Balaban J connectivity index is 0.000000298. The van der Waals surface area contributed by atoms with E-state index in [1.165, 1.54) is 0 Å². The molecule has 2 aromatic carbocycles. The van der Waals surface area contributed by atoms with E-state index in [0.29, 0.717) is 36.4 Å². The minimum absolute atomic E-state index is 0. The zero-order valence-corrected chi connectivity index (χ0v) is 26.9. The first-order valence-corrected chi connectivity index (χ1v) is 14.5. The smallest absolute Gasteiger partial charge is 0.354 e. The predicted molar refractivity (Wildman–Crippen MR) is 170 cm³/mol. The van der Waals surface area contributed by atoms with E-state index in [-0.39, 0.29) is 42.3 Å². The average molecular weight is 669 g/mol. The molecule has 0 radical (unpaired) electrons. The molecule has 5 N–H and O–H groups in total. The molecule has 1 atom stereocenters. The van der Waals surface area contributed by atoms with Crippen molar-refractivity contribution in [2.24, 2.45) is 5.73 Å². The fourth-order valence-electron chi connectivity index (χ4n) is 5.28. The zero-order chi connectivity index (χ0) is 33.3. The number of hydrogen-bond acceptors (Lipinski definition) is 9. The molecule has 0 spiro atoms. The van der Waals surface area contributed by atoms with Crippen molar-refractivity contribution in [2.45, 2.75) is 58.7 Å². The lowest BCUT2D eigenvalue weighted by atomic mass is 9.97. The Morgan fingerprint density at radius 1 is 1.21 bits per heavy atom. The number of aromatic nitrogens is 3. The van der Waals surface area contributed by atoms with Crippen LogP contribution in [-0.4, -0.2) is 55.7 Å². The maximum atomic E-state index is 14.0. The highest BCUT2D eigenvalue weighted by Crippen LogP contribution is 2.35. The Labute approximate surface area is 275 Å². The molecule has 1 aliphatic heterocycles. The third kappa shape index (κ3) is 7.50. The number of ether oxygens (including phenoxy) is 2. The van der Waals surface area contributed by atoms with Crippen molar-refractivity contribution in [2.75, 3.05) is 11.9 Å². The molecule has 0 fully saturated rings. The number of nitrogens with two attached hydrogens (primary N) is 1. The van der Waals surface area contributed by atoms with Gasteiger partial charge in [-0.05, 0) is 81.0 Å². The number of benzene rings is 2. The molecular weight excluding hydrogens is 635 g/mol. The van der Waals surface area contributed by atoms with Crippen molar-refractivity contribution in [3.63, 3.8) is 0 Å². The summed E-state index contributed by atoms with van der Waals surface area (Å²) in [7, 11) is 0. The first kappa shape index (κ1) is 34.8. The second kappa shape index (κ2) is 13.7. The van der Waals surface area contributed by atoms with Crippen molar-refractivity contribution < 1.29 is 38.1 Å². The van der Waals surface area contributed by atoms with Gasteiger partial charge >= 0.3 is 11.9 Å². The first-order valence-electron chi connectivity index (χ1n) is 14.5. The Kier molecular flexibility index (Phi) is 10.2. The predicted octanol–water partition coefficient (Wildman–Crippen LogP) is 4.15. The number of nitrogens with one attached hydrogen (secondary N) is 2. The maximum absolute atomic E-state index is 14.0. The van der Waals surface area contributed by atoms with Crippen LogP contribution in [0.25, 0.3) is 5.65 Å². The lowest BCUT2D eigenvalue weighted by Crippen LogP contribution is -2.29. The monoisotopic (exact) mass is 668 g/mol. The van der Waals surface area contributed by atoms with Gasteiger partial charge in [-0.1, -0.05) is 12.1 Å². The van der Waals surface area contributed by atoms with Gasteiger partial charge in [-0.25, -0.2) is 23.5 Å². The summed E-state index contributed by atoms with van der Waals surface area (Å²) in [5, 5.41) is 18.7. The maximum Gasteiger partial charge on any atom is 0.354 e. The Hall–Kier alpha value is -5.08. The van der Waals surface area contributed by atoms with Crippen molar-refractivity contribution in [3.8, 4) is 5.75 Å². The molecule has 6 rings (SSSR count). The van der Waals surface area contributed by atoms with Crippen LogP contribution >= 0.6 is 12.4 Å². The number of amides is 2. The van der Waals surface area contributed by atoms with Crippen molar-refractivity contribution in [1.82, 2.24) is 19.9 Å². The molecule has 1 aliphatic carbocycles. The van der Waals surface area contributed by atoms with Gasteiger partial charge in [-0.3, -0.25) is 9.59 Å². The summed E-state index contributed by atoms with van der Waals surface area (Å²) in [6, 6.07) is 9.69. The summed E-state index contributed by atoms with van der Waals surface area (Å²) < 4.78 is 25.6. The van der Waals surface area contributed by atoms with E-state index >= 15 is 0 Å². The number of hydrogen-bond donors (Lipinski definition) is 4. The number of rotatable bonds is 5. The van der Waals surface area contributed by atoms with Crippen LogP contribution in [0.4, 0.5) is 10.1 Å². The lowest BCUT2D eigenvalue weighted by molar-refractivity contribution is -0.118. The molecule has 0 unspecified atom stereocenters. The third-order valence-corrected chi connectivity index (χ3v) is 7.41. The number of halogens is 2. The third-order valence-electron chi connectivity index (χ3n) is 7.41. The Morgan fingerprint density at radius 3 is 2.64 bits per heavy atom. The summed E-state index contributed by atoms with van der Waals surface area (Å²) in [4.78, 5) is 51.6. The number of esters is 1. The largest absolute Gasteiger partial charge is 0.482 e. The van der Waals surface area contributed by atoms with Crippen LogP contribution in [0, 0.1) is 12.7 Å². The van der Waals surface area contributed by atoms with Gasteiger partial charge in [0.2, 0.25) is 0 Å². The number of fused-ring (bicyclic) bond motifs is 3. The van der Waals surface area contributed by atoms with E-state index in [1.807, 2.05) is 25.1 Å².